The molecule has 4 nitrogen and oxygen atoms in total. The second-order valence-electron chi connectivity index (χ2n) is 5.06. The fraction of sp³-hybridized carbons (Fsp3) is 0.533. The van der Waals surface area contributed by atoms with Gasteiger partial charge in [-0.1, -0.05) is 19.9 Å². The predicted molar refractivity (Wildman–Crippen MR) is 96.2 cm³/mol. The van der Waals surface area contributed by atoms with Gasteiger partial charge in [-0.3, -0.25) is 4.99 Å². The molecule has 0 radical (unpaired) electrons. The van der Waals surface area contributed by atoms with Crippen LogP contribution in [0.15, 0.2) is 23.2 Å². The number of benzene rings is 1. The van der Waals surface area contributed by atoms with Crippen LogP contribution in [0.2, 0.25) is 0 Å². The summed E-state index contributed by atoms with van der Waals surface area (Å²) in [6.07, 6.45) is 0. The summed E-state index contributed by atoms with van der Waals surface area (Å²) in [6.45, 7) is 8.06. The summed E-state index contributed by atoms with van der Waals surface area (Å²) in [5.41, 5.74) is 2.38. The van der Waals surface area contributed by atoms with E-state index < -0.39 is 0 Å². The van der Waals surface area contributed by atoms with Gasteiger partial charge in [-0.2, -0.15) is 0 Å². The molecule has 0 aliphatic carbocycles. The van der Waals surface area contributed by atoms with Gasteiger partial charge < -0.3 is 15.4 Å². The first-order valence-electron chi connectivity index (χ1n) is 6.64. The largest absolute Gasteiger partial charge is 0.497 e. The molecule has 0 aromatic heterocycles. The first-order chi connectivity index (χ1) is 9.05. The Morgan fingerprint density at radius 3 is 2.50 bits per heavy atom. The summed E-state index contributed by atoms with van der Waals surface area (Å²) >= 11 is 0. The summed E-state index contributed by atoms with van der Waals surface area (Å²) < 4.78 is 5.27. The molecule has 0 bridgehead atoms. The maximum atomic E-state index is 5.27. The number of rotatable bonds is 5. The van der Waals surface area contributed by atoms with Gasteiger partial charge in [-0.15, -0.1) is 24.0 Å². The summed E-state index contributed by atoms with van der Waals surface area (Å²) in [5, 5.41) is 6.59. The SMILES string of the molecule is CN=C(NCc1cc(C)cc(OC)c1)NCC(C)C.I. The van der Waals surface area contributed by atoms with Gasteiger partial charge in [-0.25, -0.2) is 0 Å². The van der Waals surface area contributed by atoms with E-state index in [0.717, 1.165) is 24.8 Å². The minimum absolute atomic E-state index is 0. The monoisotopic (exact) mass is 391 g/mol. The fourth-order valence-corrected chi connectivity index (χ4v) is 1.75. The Morgan fingerprint density at radius 2 is 1.95 bits per heavy atom. The molecule has 2 N–H and O–H groups in total. The van der Waals surface area contributed by atoms with Crippen LogP contribution in [0.3, 0.4) is 0 Å². The Kier molecular flexibility index (Phi) is 9.37. The van der Waals surface area contributed by atoms with Crippen molar-refractivity contribution in [3.05, 3.63) is 29.3 Å². The first kappa shape index (κ1) is 19.0. The quantitative estimate of drug-likeness (QED) is 0.461. The molecular weight excluding hydrogens is 365 g/mol. The number of hydrogen-bond donors (Lipinski definition) is 2. The van der Waals surface area contributed by atoms with Gasteiger partial charge >= 0.3 is 0 Å². The van der Waals surface area contributed by atoms with Crippen molar-refractivity contribution < 1.29 is 4.74 Å². The average molecular weight is 391 g/mol. The molecule has 20 heavy (non-hydrogen) atoms. The van der Waals surface area contributed by atoms with E-state index >= 15 is 0 Å². The van der Waals surface area contributed by atoms with Gasteiger partial charge in [0, 0.05) is 20.1 Å². The lowest BCUT2D eigenvalue weighted by Crippen LogP contribution is -2.38. The van der Waals surface area contributed by atoms with Gasteiger partial charge in [0.05, 0.1) is 7.11 Å². The molecule has 0 atom stereocenters. The Labute approximate surface area is 139 Å². The van der Waals surface area contributed by atoms with Crippen LogP contribution in [0, 0.1) is 12.8 Å². The molecular formula is C15H26IN3O. The fourth-order valence-electron chi connectivity index (χ4n) is 1.75. The van der Waals surface area contributed by atoms with E-state index in [4.69, 9.17) is 4.74 Å². The lowest BCUT2D eigenvalue weighted by molar-refractivity contribution is 0.414. The van der Waals surface area contributed by atoms with Crippen molar-refractivity contribution in [3.63, 3.8) is 0 Å². The number of hydrogen-bond acceptors (Lipinski definition) is 2. The molecule has 0 saturated heterocycles. The Hall–Kier alpha value is -0.980. The molecule has 1 aromatic carbocycles. The van der Waals surface area contributed by atoms with Crippen LogP contribution < -0.4 is 15.4 Å². The maximum Gasteiger partial charge on any atom is 0.191 e. The molecule has 0 amide bonds. The third kappa shape index (κ3) is 6.98. The topological polar surface area (TPSA) is 45.7 Å². The number of ether oxygens (including phenoxy) is 1. The molecule has 1 rings (SSSR count). The number of nitrogens with one attached hydrogen (secondary N) is 2. The van der Waals surface area contributed by atoms with Crippen molar-refractivity contribution >= 4 is 29.9 Å². The van der Waals surface area contributed by atoms with Crippen molar-refractivity contribution in [2.75, 3.05) is 20.7 Å². The minimum atomic E-state index is 0. The molecule has 0 unspecified atom stereocenters. The van der Waals surface area contributed by atoms with Gasteiger partial charge in [0.2, 0.25) is 0 Å². The van der Waals surface area contributed by atoms with Crippen molar-refractivity contribution in [2.24, 2.45) is 10.9 Å². The van der Waals surface area contributed by atoms with Crippen LogP contribution in [-0.2, 0) is 6.54 Å². The zero-order valence-corrected chi connectivity index (χ0v) is 15.3. The molecule has 1 aromatic rings. The van der Waals surface area contributed by atoms with E-state index in [1.807, 2.05) is 12.1 Å². The molecule has 0 aliphatic heterocycles. The maximum absolute atomic E-state index is 5.27. The Balaban J connectivity index is 0.00000361. The number of guanidine groups is 1. The number of halogens is 1. The highest BCUT2D eigenvalue weighted by molar-refractivity contribution is 14.0. The molecule has 0 aliphatic rings. The first-order valence-corrected chi connectivity index (χ1v) is 6.64. The van der Waals surface area contributed by atoms with E-state index in [9.17, 15) is 0 Å². The second-order valence-corrected chi connectivity index (χ2v) is 5.06. The highest BCUT2D eigenvalue weighted by Gasteiger charge is 2.02. The highest BCUT2D eigenvalue weighted by atomic mass is 127. The van der Waals surface area contributed by atoms with E-state index in [-0.39, 0.29) is 24.0 Å². The lowest BCUT2D eigenvalue weighted by atomic mass is 10.1. The Bertz CT molecular complexity index is 433. The highest BCUT2D eigenvalue weighted by Crippen LogP contribution is 2.16. The van der Waals surface area contributed by atoms with E-state index in [0.29, 0.717) is 5.92 Å². The smallest absolute Gasteiger partial charge is 0.191 e. The summed E-state index contributed by atoms with van der Waals surface area (Å²) in [4.78, 5) is 4.20. The zero-order chi connectivity index (χ0) is 14.3. The van der Waals surface area contributed by atoms with Crippen LogP contribution in [0.1, 0.15) is 25.0 Å². The summed E-state index contributed by atoms with van der Waals surface area (Å²) in [7, 11) is 3.47. The van der Waals surface area contributed by atoms with Crippen molar-refractivity contribution in [3.8, 4) is 5.75 Å². The number of aliphatic imine (C=N–C) groups is 1. The predicted octanol–water partition coefficient (Wildman–Crippen LogP) is 2.94. The Morgan fingerprint density at radius 1 is 1.25 bits per heavy atom. The van der Waals surface area contributed by atoms with E-state index in [2.05, 4.69) is 42.5 Å². The van der Waals surface area contributed by atoms with Crippen LogP contribution >= 0.6 is 24.0 Å². The van der Waals surface area contributed by atoms with Crippen LogP contribution in [0.5, 0.6) is 5.75 Å². The third-order valence-electron chi connectivity index (χ3n) is 2.71. The molecule has 0 spiro atoms. The number of aryl methyl sites for hydroxylation is 1. The second kappa shape index (κ2) is 9.85. The summed E-state index contributed by atoms with van der Waals surface area (Å²) in [6, 6.07) is 6.20. The average Bonchev–Trinajstić information content (AvgIpc) is 2.38. The van der Waals surface area contributed by atoms with Crippen LogP contribution in [-0.4, -0.2) is 26.7 Å². The number of methoxy groups -OCH3 is 1. The van der Waals surface area contributed by atoms with Gasteiger partial charge in [-0.05, 0) is 36.1 Å². The summed E-state index contributed by atoms with van der Waals surface area (Å²) in [5.74, 6) is 2.31. The third-order valence-corrected chi connectivity index (χ3v) is 2.71. The molecule has 114 valence electrons. The molecule has 0 fully saturated rings. The van der Waals surface area contributed by atoms with Crippen LogP contribution in [0.4, 0.5) is 0 Å². The van der Waals surface area contributed by atoms with Crippen molar-refractivity contribution in [2.45, 2.75) is 27.3 Å². The van der Waals surface area contributed by atoms with Gasteiger partial charge in [0.25, 0.3) is 0 Å². The molecule has 0 saturated carbocycles. The van der Waals surface area contributed by atoms with E-state index in [1.54, 1.807) is 14.2 Å². The van der Waals surface area contributed by atoms with Crippen molar-refractivity contribution in [1.82, 2.24) is 10.6 Å². The van der Waals surface area contributed by atoms with Gasteiger partial charge in [0.1, 0.15) is 5.75 Å². The lowest BCUT2D eigenvalue weighted by Gasteiger charge is -2.14. The van der Waals surface area contributed by atoms with Gasteiger partial charge in [0.15, 0.2) is 5.96 Å². The standard InChI is InChI=1S/C15H25N3O.HI/c1-11(2)9-17-15(16-4)18-10-13-6-12(3)7-14(8-13)19-5;/h6-8,11H,9-10H2,1-5H3,(H2,16,17,18);1H. The van der Waals surface area contributed by atoms with Crippen molar-refractivity contribution in [1.29, 1.82) is 0 Å². The molecule has 5 heteroatoms. The zero-order valence-electron chi connectivity index (χ0n) is 13.0. The minimum Gasteiger partial charge on any atom is -0.497 e. The van der Waals surface area contributed by atoms with Crippen LogP contribution in [0.25, 0.3) is 0 Å². The molecule has 0 heterocycles. The van der Waals surface area contributed by atoms with E-state index in [1.165, 1.54) is 11.1 Å². The normalized spacial score (nSPS) is 11.0. The number of nitrogens with zero attached hydrogens (tertiary/aromatic N) is 1.